The number of halogens is 4. The van der Waals surface area contributed by atoms with Gasteiger partial charge in [0.05, 0.1) is 19.1 Å². The number of carbonyl (C=O) groups excluding carboxylic acids is 3. The van der Waals surface area contributed by atoms with Crippen molar-refractivity contribution in [3.63, 3.8) is 0 Å². The minimum Gasteiger partial charge on any atom is -0.489 e. The topological polar surface area (TPSA) is 121 Å². The molecule has 0 unspecified atom stereocenters. The van der Waals surface area contributed by atoms with Crippen LogP contribution in [0.2, 0.25) is 10.0 Å². The highest BCUT2D eigenvalue weighted by molar-refractivity contribution is 6.35. The van der Waals surface area contributed by atoms with E-state index in [2.05, 4.69) is 9.88 Å². The Balaban J connectivity index is 0.781. The van der Waals surface area contributed by atoms with Crippen molar-refractivity contribution < 1.29 is 51.8 Å². The lowest BCUT2D eigenvalue weighted by Gasteiger charge is -2.44. The molecule has 1 aromatic heterocycles. The van der Waals surface area contributed by atoms with Gasteiger partial charge in [0.1, 0.15) is 34.6 Å². The number of aromatic nitrogens is 1. The van der Waals surface area contributed by atoms with Crippen molar-refractivity contribution in [1.82, 2.24) is 9.80 Å². The SMILES string of the molecule is O=C(O[C@@H](Cc1c(Cl)c[nH+]cc1Cl)c1ccc(OC(F)F)c(OCC2CC2)c1)C1CN(C(=O)c2ccc(COc3ccc(CN(C(=O)O[C@H]4CN5CCC4CC5)c4ccccc4)cc3)cc2)C1. The Kier molecular flexibility index (Phi) is 14.4. The first kappa shape index (κ1) is 46.2. The quantitative estimate of drug-likeness (QED) is 0.0791. The summed E-state index contributed by atoms with van der Waals surface area (Å²) in [6.07, 6.45) is 5.92. The van der Waals surface area contributed by atoms with Crippen LogP contribution in [0.15, 0.2) is 109 Å². The van der Waals surface area contributed by atoms with Gasteiger partial charge in [0.2, 0.25) is 0 Å². The van der Waals surface area contributed by atoms with Gasteiger partial charge in [-0.1, -0.05) is 71.7 Å². The van der Waals surface area contributed by atoms with Crippen LogP contribution in [0.5, 0.6) is 17.2 Å². The number of nitrogens with one attached hydrogen (secondary N) is 1. The van der Waals surface area contributed by atoms with Gasteiger partial charge >= 0.3 is 18.7 Å². The molecule has 1 aliphatic carbocycles. The van der Waals surface area contributed by atoms with Gasteiger partial charge in [-0.15, -0.1) is 0 Å². The summed E-state index contributed by atoms with van der Waals surface area (Å²) in [5.74, 6) is 0.0180. The predicted octanol–water partition coefficient (Wildman–Crippen LogP) is 9.61. The van der Waals surface area contributed by atoms with Crippen LogP contribution in [0, 0.1) is 17.8 Å². The minimum atomic E-state index is -3.06. The summed E-state index contributed by atoms with van der Waals surface area (Å²) >= 11 is 13.0. The molecule has 4 saturated heterocycles. The monoisotopic (exact) mass is 955 g/mol. The van der Waals surface area contributed by atoms with Gasteiger partial charge in [-0.3, -0.25) is 19.4 Å². The number of alkyl halides is 2. The molecule has 10 rings (SSSR count). The Hall–Kier alpha value is -5.96. The maximum atomic E-state index is 13.6. The number of piperidine rings is 3. The molecule has 0 radical (unpaired) electrons. The summed E-state index contributed by atoms with van der Waals surface area (Å²) in [5, 5.41) is 0.649. The summed E-state index contributed by atoms with van der Waals surface area (Å²) in [7, 11) is 0. The zero-order chi connectivity index (χ0) is 46.4. The van der Waals surface area contributed by atoms with E-state index in [4.69, 9.17) is 46.9 Å². The number of pyridine rings is 1. The first-order valence-corrected chi connectivity index (χ1v) is 23.4. The zero-order valence-electron chi connectivity index (χ0n) is 36.7. The summed E-state index contributed by atoms with van der Waals surface area (Å²) in [6.45, 7) is 1.11. The van der Waals surface area contributed by atoms with E-state index in [0.717, 1.165) is 62.1 Å². The maximum Gasteiger partial charge on any atom is 0.414 e. The highest BCUT2D eigenvalue weighted by Gasteiger charge is 2.40. The van der Waals surface area contributed by atoms with Crippen LogP contribution in [-0.4, -0.2) is 79.8 Å². The smallest absolute Gasteiger partial charge is 0.414 e. The second kappa shape index (κ2) is 20.9. The summed E-state index contributed by atoms with van der Waals surface area (Å²) in [4.78, 5) is 49.2. The third kappa shape index (κ3) is 11.6. The van der Waals surface area contributed by atoms with Gasteiger partial charge < -0.3 is 28.6 Å². The van der Waals surface area contributed by atoms with Crippen molar-refractivity contribution in [1.29, 1.82) is 0 Å². The standard InChI is InChI=1S/C51H50Cl2F2N4O8/c52-42-24-56-25-43(53)41(42)23-45(37-14-17-44(66-50(54)55)46(22-37)64-31-33-6-7-33)65-49(61)38-27-58(28-38)48(60)36-12-8-34(9-13-36)30-63-40-15-10-32(11-16-40)26-59(39-4-2-1-3-5-39)51(62)67-47-29-57-20-18-35(47)19-21-57/h1-5,8-17,22,24-25,33,35,38,45,47,50H,6-7,18-21,23,26-31H2/p+1/t45-,47-/m0/s1. The molecule has 4 aromatic carbocycles. The van der Waals surface area contributed by atoms with Gasteiger partial charge in [0, 0.05) is 42.9 Å². The number of ether oxygens (including phenoxy) is 5. The molecule has 350 valence electrons. The fourth-order valence-electron chi connectivity index (χ4n) is 8.71. The first-order chi connectivity index (χ1) is 32.5. The highest BCUT2D eigenvalue weighted by Crippen LogP contribution is 2.39. The molecule has 2 bridgehead atoms. The minimum absolute atomic E-state index is 0.0806. The number of amides is 2. The van der Waals surface area contributed by atoms with E-state index >= 15 is 0 Å². The number of benzene rings is 4. The fourth-order valence-corrected chi connectivity index (χ4v) is 9.24. The van der Waals surface area contributed by atoms with Crippen molar-refractivity contribution in [2.24, 2.45) is 17.8 Å². The van der Waals surface area contributed by atoms with Gasteiger partial charge in [-0.05, 0) is 116 Å². The number of rotatable bonds is 18. The number of anilines is 1. The Morgan fingerprint density at radius 3 is 2.15 bits per heavy atom. The Morgan fingerprint density at radius 2 is 1.49 bits per heavy atom. The Morgan fingerprint density at radius 1 is 0.791 bits per heavy atom. The molecular weight excluding hydrogens is 905 g/mol. The third-order valence-electron chi connectivity index (χ3n) is 12.9. The average Bonchev–Trinajstić information content (AvgIpc) is 4.16. The molecule has 5 heterocycles. The first-order valence-electron chi connectivity index (χ1n) is 22.6. The van der Waals surface area contributed by atoms with E-state index in [9.17, 15) is 23.2 Å². The molecule has 0 spiro atoms. The van der Waals surface area contributed by atoms with Crippen molar-refractivity contribution in [3.05, 3.63) is 147 Å². The van der Waals surface area contributed by atoms with E-state index in [0.29, 0.717) is 57.5 Å². The number of nitrogens with zero attached hydrogens (tertiary/aromatic N) is 3. The van der Waals surface area contributed by atoms with E-state index in [-0.39, 0.29) is 55.7 Å². The largest absolute Gasteiger partial charge is 0.489 e. The molecule has 5 aliphatic rings. The van der Waals surface area contributed by atoms with Crippen LogP contribution >= 0.6 is 23.2 Å². The van der Waals surface area contributed by atoms with E-state index in [1.165, 1.54) is 12.1 Å². The molecule has 2 atom stereocenters. The van der Waals surface area contributed by atoms with Gasteiger partial charge in [-0.2, -0.15) is 8.78 Å². The molecular formula is C51H51Cl2F2N4O8+. The predicted molar refractivity (Wildman–Crippen MR) is 246 cm³/mol. The Labute approximate surface area is 397 Å². The van der Waals surface area contributed by atoms with Crippen molar-refractivity contribution in [2.75, 3.05) is 44.2 Å². The average molecular weight is 957 g/mol. The van der Waals surface area contributed by atoms with E-state index in [1.54, 1.807) is 40.4 Å². The summed E-state index contributed by atoms with van der Waals surface area (Å²) in [6, 6.07) is 28.7. The number of hydrogen-bond acceptors (Lipinski definition) is 9. The van der Waals surface area contributed by atoms with Crippen LogP contribution in [-0.2, 0) is 33.8 Å². The van der Waals surface area contributed by atoms with Crippen LogP contribution < -0.4 is 24.1 Å². The van der Waals surface area contributed by atoms with Crippen LogP contribution in [0.25, 0.3) is 0 Å². The summed E-state index contributed by atoms with van der Waals surface area (Å²) < 4.78 is 55.5. The molecule has 1 saturated carbocycles. The lowest BCUT2D eigenvalue weighted by molar-refractivity contribution is -0.377. The number of esters is 1. The zero-order valence-corrected chi connectivity index (χ0v) is 38.2. The van der Waals surface area contributed by atoms with Gasteiger partial charge in [-0.25, -0.2) is 9.78 Å². The molecule has 5 fully saturated rings. The molecule has 2 amide bonds. The number of hydrogen-bond donors (Lipinski definition) is 0. The molecule has 16 heteroatoms. The number of aromatic amines is 1. The van der Waals surface area contributed by atoms with Crippen molar-refractivity contribution in [3.8, 4) is 17.2 Å². The molecule has 1 N–H and O–H groups in total. The second-order valence-corrected chi connectivity index (χ2v) is 18.4. The lowest BCUT2D eigenvalue weighted by atomic mass is 9.86. The number of para-hydroxylation sites is 1. The van der Waals surface area contributed by atoms with Crippen LogP contribution in [0.1, 0.15) is 64.4 Å². The fraction of sp³-hybridized carbons (Fsp3) is 0.373. The third-order valence-corrected chi connectivity index (χ3v) is 13.6. The van der Waals surface area contributed by atoms with Gasteiger partial charge in [0.15, 0.2) is 23.9 Å². The summed E-state index contributed by atoms with van der Waals surface area (Å²) in [5.41, 5.74) is 3.99. The number of likely N-dealkylation sites (tertiary alicyclic amines) is 1. The second-order valence-electron chi connectivity index (χ2n) is 17.6. The number of H-pyrrole nitrogens is 1. The molecule has 12 nitrogen and oxygen atoms in total. The molecule has 67 heavy (non-hydrogen) atoms. The molecule has 4 aliphatic heterocycles. The normalized spacial score (nSPS) is 19.3. The lowest BCUT2D eigenvalue weighted by Crippen LogP contribution is -2.53. The van der Waals surface area contributed by atoms with Crippen molar-refractivity contribution >= 4 is 46.9 Å². The van der Waals surface area contributed by atoms with Crippen molar-refractivity contribution in [2.45, 2.75) is 64.1 Å². The Bertz CT molecular complexity index is 2500. The van der Waals surface area contributed by atoms with E-state index < -0.39 is 24.6 Å². The van der Waals surface area contributed by atoms with Gasteiger partial charge in [0.25, 0.3) is 5.91 Å². The maximum absolute atomic E-state index is 13.6. The highest BCUT2D eigenvalue weighted by atomic mass is 35.5. The number of carbonyl (C=O) groups is 3. The molecule has 5 aromatic rings. The van der Waals surface area contributed by atoms with Crippen LogP contribution in [0.4, 0.5) is 19.3 Å². The van der Waals surface area contributed by atoms with Crippen LogP contribution in [0.3, 0.4) is 0 Å². The number of fused-ring (bicyclic) bond motifs is 3. The van der Waals surface area contributed by atoms with E-state index in [1.807, 2.05) is 66.7 Å².